The number of carbonyl (C=O) groups excluding carboxylic acids is 1. The Bertz CT molecular complexity index is 652. The first-order valence-electron chi connectivity index (χ1n) is 7.50. The maximum Gasteiger partial charge on any atom is 0.320 e. The Kier molecular flexibility index (Phi) is 4.00. The molecular formula is C16H21N5O. The highest BCUT2D eigenvalue weighted by molar-refractivity contribution is 5.88. The van der Waals surface area contributed by atoms with Gasteiger partial charge in [0.2, 0.25) is 0 Å². The van der Waals surface area contributed by atoms with E-state index < -0.39 is 0 Å². The summed E-state index contributed by atoms with van der Waals surface area (Å²) in [5, 5.41) is 10.1. The molecule has 0 saturated carbocycles. The quantitative estimate of drug-likeness (QED) is 0.912. The third kappa shape index (κ3) is 3.21. The minimum absolute atomic E-state index is 0.162. The Morgan fingerprint density at radius 1 is 1.32 bits per heavy atom. The van der Waals surface area contributed by atoms with Crippen molar-refractivity contribution in [2.24, 2.45) is 7.05 Å². The summed E-state index contributed by atoms with van der Waals surface area (Å²) in [5.41, 5.74) is 2.09. The minimum atomic E-state index is -0.178. The SMILES string of the molecule is Cc1cc(NC(=O)NC2CCN(c3ccccc3)C2)n(C)n1. The highest BCUT2D eigenvalue weighted by Gasteiger charge is 2.24. The van der Waals surface area contributed by atoms with E-state index in [1.165, 1.54) is 5.69 Å². The second-order valence-corrected chi connectivity index (χ2v) is 5.66. The van der Waals surface area contributed by atoms with Crippen molar-refractivity contribution in [1.29, 1.82) is 0 Å². The first-order chi connectivity index (χ1) is 10.6. The number of hydrogen-bond donors (Lipinski definition) is 2. The fourth-order valence-corrected chi connectivity index (χ4v) is 2.82. The molecule has 2 heterocycles. The molecular weight excluding hydrogens is 278 g/mol. The number of para-hydroxylation sites is 1. The Morgan fingerprint density at radius 3 is 2.77 bits per heavy atom. The van der Waals surface area contributed by atoms with Crippen molar-refractivity contribution >= 4 is 17.5 Å². The molecule has 1 saturated heterocycles. The van der Waals surface area contributed by atoms with E-state index in [4.69, 9.17) is 0 Å². The van der Waals surface area contributed by atoms with Gasteiger partial charge in [-0.15, -0.1) is 0 Å². The Balaban J connectivity index is 1.54. The van der Waals surface area contributed by atoms with E-state index in [9.17, 15) is 4.79 Å². The molecule has 2 N–H and O–H groups in total. The number of aryl methyl sites for hydroxylation is 2. The number of rotatable bonds is 3. The van der Waals surface area contributed by atoms with Crippen molar-refractivity contribution in [3.05, 3.63) is 42.1 Å². The van der Waals surface area contributed by atoms with Crippen LogP contribution in [-0.2, 0) is 7.05 Å². The van der Waals surface area contributed by atoms with Gasteiger partial charge in [-0.2, -0.15) is 5.10 Å². The number of carbonyl (C=O) groups is 1. The number of anilines is 2. The van der Waals surface area contributed by atoms with Crippen molar-refractivity contribution in [3.8, 4) is 0 Å². The summed E-state index contributed by atoms with van der Waals surface area (Å²) in [4.78, 5) is 14.4. The van der Waals surface area contributed by atoms with Crippen molar-refractivity contribution in [3.63, 3.8) is 0 Å². The van der Waals surface area contributed by atoms with E-state index in [0.717, 1.165) is 25.2 Å². The minimum Gasteiger partial charge on any atom is -0.369 e. The van der Waals surface area contributed by atoms with Crippen LogP contribution in [0.3, 0.4) is 0 Å². The molecule has 3 rings (SSSR count). The number of hydrogen-bond acceptors (Lipinski definition) is 3. The molecule has 0 radical (unpaired) electrons. The molecule has 6 heteroatoms. The van der Waals surface area contributed by atoms with Gasteiger partial charge in [-0.3, -0.25) is 10.00 Å². The van der Waals surface area contributed by atoms with Gasteiger partial charge in [0.1, 0.15) is 5.82 Å². The van der Waals surface area contributed by atoms with Gasteiger partial charge in [-0.05, 0) is 25.5 Å². The zero-order valence-electron chi connectivity index (χ0n) is 12.9. The van der Waals surface area contributed by atoms with Crippen LogP contribution >= 0.6 is 0 Å². The largest absolute Gasteiger partial charge is 0.369 e. The molecule has 2 amide bonds. The van der Waals surface area contributed by atoms with Crippen LogP contribution in [0.5, 0.6) is 0 Å². The van der Waals surface area contributed by atoms with Crippen LogP contribution in [0.4, 0.5) is 16.3 Å². The van der Waals surface area contributed by atoms with Crippen LogP contribution in [0.25, 0.3) is 0 Å². The normalized spacial score (nSPS) is 17.5. The molecule has 22 heavy (non-hydrogen) atoms. The molecule has 0 bridgehead atoms. The van der Waals surface area contributed by atoms with E-state index in [0.29, 0.717) is 5.82 Å². The van der Waals surface area contributed by atoms with Gasteiger partial charge < -0.3 is 10.2 Å². The van der Waals surface area contributed by atoms with Crippen molar-refractivity contribution < 1.29 is 4.79 Å². The lowest BCUT2D eigenvalue weighted by molar-refractivity contribution is 0.249. The van der Waals surface area contributed by atoms with Crippen LogP contribution < -0.4 is 15.5 Å². The van der Waals surface area contributed by atoms with E-state index in [1.807, 2.05) is 38.2 Å². The number of nitrogens with zero attached hydrogens (tertiary/aromatic N) is 3. The van der Waals surface area contributed by atoms with Gasteiger partial charge in [-0.1, -0.05) is 18.2 Å². The smallest absolute Gasteiger partial charge is 0.320 e. The predicted octanol–water partition coefficient (Wildman–Crippen LogP) is 2.13. The van der Waals surface area contributed by atoms with E-state index in [-0.39, 0.29) is 12.1 Å². The Morgan fingerprint density at radius 2 is 2.09 bits per heavy atom. The molecule has 2 aromatic rings. The summed E-state index contributed by atoms with van der Waals surface area (Å²) in [6.07, 6.45) is 0.951. The molecule has 0 aliphatic carbocycles. The highest BCUT2D eigenvalue weighted by Crippen LogP contribution is 2.19. The Hall–Kier alpha value is -2.50. The second kappa shape index (κ2) is 6.09. The summed E-state index contributed by atoms with van der Waals surface area (Å²) in [5.74, 6) is 0.702. The Labute approximate surface area is 130 Å². The van der Waals surface area contributed by atoms with Gasteiger partial charge in [0.05, 0.1) is 5.69 Å². The molecule has 1 aliphatic rings. The van der Waals surface area contributed by atoms with Crippen LogP contribution in [0.2, 0.25) is 0 Å². The molecule has 1 fully saturated rings. The van der Waals surface area contributed by atoms with Gasteiger partial charge in [0, 0.05) is 37.9 Å². The third-order valence-electron chi connectivity index (χ3n) is 3.89. The summed E-state index contributed by atoms with van der Waals surface area (Å²) in [7, 11) is 1.81. The maximum absolute atomic E-state index is 12.1. The lowest BCUT2D eigenvalue weighted by Gasteiger charge is -2.19. The molecule has 1 atom stereocenters. The van der Waals surface area contributed by atoms with Gasteiger partial charge in [0.15, 0.2) is 0 Å². The lowest BCUT2D eigenvalue weighted by atomic mass is 10.3. The lowest BCUT2D eigenvalue weighted by Crippen LogP contribution is -2.40. The van der Waals surface area contributed by atoms with E-state index >= 15 is 0 Å². The fourth-order valence-electron chi connectivity index (χ4n) is 2.82. The highest BCUT2D eigenvalue weighted by atomic mass is 16.2. The van der Waals surface area contributed by atoms with Gasteiger partial charge >= 0.3 is 6.03 Å². The van der Waals surface area contributed by atoms with Crippen LogP contribution in [0.1, 0.15) is 12.1 Å². The summed E-state index contributed by atoms with van der Waals surface area (Å²) >= 11 is 0. The summed E-state index contributed by atoms with van der Waals surface area (Å²) < 4.78 is 1.67. The van der Waals surface area contributed by atoms with Crippen molar-refractivity contribution in [1.82, 2.24) is 15.1 Å². The number of amides is 2. The summed E-state index contributed by atoms with van der Waals surface area (Å²) in [6.45, 7) is 3.69. The molecule has 6 nitrogen and oxygen atoms in total. The maximum atomic E-state index is 12.1. The third-order valence-corrected chi connectivity index (χ3v) is 3.89. The monoisotopic (exact) mass is 299 g/mol. The number of urea groups is 1. The van der Waals surface area contributed by atoms with E-state index in [2.05, 4.69) is 32.8 Å². The molecule has 1 aliphatic heterocycles. The topological polar surface area (TPSA) is 62.2 Å². The fraction of sp³-hybridized carbons (Fsp3) is 0.375. The van der Waals surface area contributed by atoms with Gasteiger partial charge in [-0.25, -0.2) is 4.79 Å². The molecule has 1 aromatic carbocycles. The zero-order valence-corrected chi connectivity index (χ0v) is 12.9. The van der Waals surface area contributed by atoms with Crippen LogP contribution in [-0.4, -0.2) is 34.9 Å². The second-order valence-electron chi connectivity index (χ2n) is 5.66. The number of benzene rings is 1. The zero-order chi connectivity index (χ0) is 15.5. The predicted molar refractivity (Wildman–Crippen MR) is 87.2 cm³/mol. The van der Waals surface area contributed by atoms with Crippen molar-refractivity contribution in [2.45, 2.75) is 19.4 Å². The molecule has 1 aromatic heterocycles. The molecule has 1 unspecified atom stereocenters. The van der Waals surface area contributed by atoms with Crippen LogP contribution in [0.15, 0.2) is 36.4 Å². The van der Waals surface area contributed by atoms with E-state index in [1.54, 1.807) is 4.68 Å². The number of nitrogens with one attached hydrogen (secondary N) is 2. The number of aromatic nitrogens is 2. The van der Waals surface area contributed by atoms with Gasteiger partial charge in [0.25, 0.3) is 0 Å². The standard InChI is InChI=1S/C16H21N5O/c1-12-10-15(20(2)19-12)18-16(22)17-13-8-9-21(11-13)14-6-4-3-5-7-14/h3-7,10,13H,8-9,11H2,1-2H3,(H2,17,18,22). The summed E-state index contributed by atoms with van der Waals surface area (Å²) in [6, 6.07) is 12.1. The first kappa shape index (κ1) is 14.4. The average molecular weight is 299 g/mol. The molecule has 116 valence electrons. The van der Waals surface area contributed by atoms with Crippen LogP contribution in [0, 0.1) is 6.92 Å². The van der Waals surface area contributed by atoms with Crippen molar-refractivity contribution in [2.75, 3.05) is 23.3 Å². The molecule has 0 spiro atoms. The average Bonchev–Trinajstić information content (AvgIpc) is 3.07. The first-order valence-corrected chi connectivity index (χ1v) is 7.50.